The number of benzene rings is 2. The van der Waals surface area contributed by atoms with Crippen molar-refractivity contribution in [1.29, 1.82) is 0 Å². The van der Waals surface area contributed by atoms with E-state index in [0.29, 0.717) is 22.6 Å². The lowest BCUT2D eigenvalue weighted by Gasteiger charge is -2.21. The number of amides is 3. The Balaban J connectivity index is 1.55. The highest BCUT2D eigenvalue weighted by Gasteiger charge is 2.34. The summed E-state index contributed by atoms with van der Waals surface area (Å²) in [5, 5.41) is 2.70. The van der Waals surface area contributed by atoms with Gasteiger partial charge in [0.2, 0.25) is 0 Å². The van der Waals surface area contributed by atoms with Crippen LogP contribution in [0.3, 0.4) is 0 Å². The molecule has 2 aromatic carbocycles. The summed E-state index contributed by atoms with van der Waals surface area (Å²) in [4.78, 5) is 51.4. The molecule has 2 aromatic rings. The number of rotatable bonds is 10. The Morgan fingerprint density at radius 1 is 0.941 bits per heavy atom. The average molecular weight is 469 g/mol. The van der Waals surface area contributed by atoms with Gasteiger partial charge in [-0.05, 0) is 36.6 Å². The minimum Gasteiger partial charge on any atom is -0.497 e. The fourth-order valence-corrected chi connectivity index (χ4v) is 3.59. The van der Waals surface area contributed by atoms with Crippen molar-refractivity contribution in [3.63, 3.8) is 0 Å². The van der Waals surface area contributed by atoms with Crippen LogP contribution in [-0.4, -0.2) is 62.0 Å². The van der Waals surface area contributed by atoms with E-state index in [2.05, 4.69) is 5.32 Å². The number of fused-ring (bicyclic) bond motifs is 1. The van der Waals surface area contributed by atoms with E-state index in [1.165, 1.54) is 14.2 Å². The highest BCUT2D eigenvalue weighted by atomic mass is 16.5. The zero-order valence-electron chi connectivity index (χ0n) is 19.6. The van der Waals surface area contributed by atoms with E-state index in [9.17, 15) is 19.2 Å². The van der Waals surface area contributed by atoms with Crippen molar-refractivity contribution in [3.8, 4) is 11.5 Å². The molecule has 3 rings (SSSR count). The van der Waals surface area contributed by atoms with Crippen LogP contribution >= 0.6 is 0 Å². The number of nitrogens with one attached hydrogen (secondary N) is 1. The summed E-state index contributed by atoms with van der Waals surface area (Å²) in [7, 11) is 2.96. The maximum atomic E-state index is 12.8. The van der Waals surface area contributed by atoms with Gasteiger partial charge in [0.25, 0.3) is 17.7 Å². The molecule has 1 atom stereocenters. The number of hydrogen-bond donors (Lipinski definition) is 1. The molecule has 1 heterocycles. The van der Waals surface area contributed by atoms with Crippen LogP contribution in [0, 0.1) is 5.92 Å². The number of ether oxygens (including phenoxy) is 3. The summed E-state index contributed by atoms with van der Waals surface area (Å²) in [6.45, 7) is 3.70. The standard InChI is InChI=1S/C25H28N2O7/c1-15(2)21(26-22(28)16-12-17(32-3)14-18(13-16)33-4)25(31)34-11-7-10-27-23(29)19-8-5-6-9-20(19)24(27)30/h5-6,8-9,12-15,21H,7,10-11H2,1-4H3,(H,26,28). The lowest BCUT2D eigenvalue weighted by molar-refractivity contribution is -0.147. The van der Waals surface area contributed by atoms with E-state index in [1.54, 1.807) is 56.3 Å². The molecule has 1 aliphatic rings. The molecule has 0 aromatic heterocycles. The first-order valence-corrected chi connectivity index (χ1v) is 10.9. The number of nitrogens with zero attached hydrogens (tertiary/aromatic N) is 1. The Morgan fingerprint density at radius 2 is 1.50 bits per heavy atom. The second kappa shape index (κ2) is 10.8. The highest BCUT2D eigenvalue weighted by molar-refractivity contribution is 6.21. The van der Waals surface area contributed by atoms with E-state index in [1.807, 2.05) is 0 Å². The van der Waals surface area contributed by atoms with E-state index in [-0.39, 0.29) is 42.9 Å². The summed E-state index contributed by atoms with van der Waals surface area (Å²) in [5.74, 6) is -1.12. The Hall–Kier alpha value is -3.88. The van der Waals surface area contributed by atoms with Gasteiger partial charge in [-0.1, -0.05) is 26.0 Å². The average Bonchev–Trinajstić information content (AvgIpc) is 3.08. The first-order valence-electron chi connectivity index (χ1n) is 10.9. The highest BCUT2D eigenvalue weighted by Crippen LogP contribution is 2.23. The van der Waals surface area contributed by atoms with Gasteiger partial charge in [-0.3, -0.25) is 19.3 Å². The van der Waals surface area contributed by atoms with Gasteiger partial charge in [-0.25, -0.2) is 4.79 Å². The van der Waals surface area contributed by atoms with Crippen LogP contribution in [-0.2, 0) is 9.53 Å². The molecule has 1 aliphatic heterocycles. The SMILES string of the molecule is COc1cc(OC)cc(C(=O)NC(C(=O)OCCCN2C(=O)c3ccccc3C2=O)C(C)C)c1. The second-order valence-corrected chi connectivity index (χ2v) is 8.13. The van der Waals surface area contributed by atoms with E-state index in [4.69, 9.17) is 14.2 Å². The lowest BCUT2D eigenvalue weighted by Crippen LogP contribution is -2.45. The molecule has 0 radical (unpaired) electrons. The molecule has 9 heteroatoms. The van der Waals surface area contributed by atoms with Gasteiger partial charge in [0, 0.05) is 18.2 Å². The number of carbonyl (C=O) groups is 4. The Bertz CT molecular complexity index is 1040. The van der Waals surface area contributed by atoms with E-state index in [0.717, 1.165) is 4.90 Å². The second-order valence-electron chi connectivity index (χ2n) is 8.13. The van der Waals surface area contributed by atoms with E-state index >= 15 is 0 Å². The van der Waals surface area contributed by atoms with Crippen LogP contribution in [0.15, 0.2) is 42.5 Å². The molecule has 1 N–H and O–H groups in total. The predicted octanol–water partition coefficient (Wildman–Crippen LogP) is 2.69. The quantitative estimate of drug-likeness (QED) is 0.324. The third kappa shape index (κ3) is 5.36. The predicted molar refractivity (Wildman–Crippen MR) is 123 cm³/mol. The van der Waals surface area contributed by atoms with Crippen LogP contribution in [0.4, 0.5) is 0 Å². The van der Waals surface area contributed by atoms with Crippen molar-refractivity contribution in [2.75, 3.05) is 27.4 Å². The minimum absolute atomic E-state index is 0.00167. The first kappa shape index (κ1) is 24.8. The summed E-state index contributed by atoms with van der Waals surface area (Å²) in [6.07, 6.45) is 0.281. The van der Waals surface area contributed by atoms with Crippen LogP contribution < -0.4 is 14.8 Å². The summed E-state index contributed by atoms with van der Waals surface area (Å²) in [5.41, 5.74) is 1.03. The zero-order valence-corrected chi connectivity index (χ0v) is 19.6. The topological polar surface area (TPSA) is 111 Å². The van der Waals surface area contributed by atoms with Gasteiger partial charge >= 0.3 is 5.97 Å². The normalized spacial score (nSPS) is 13.5. The lowest BCUT2D eigenvalue weighted by atomic mass is 10.0. The molecule has 0 saturated carbocycles. The molecular weight excluding hydrogens is 440 g/mol. The molecule has 0 aliphatic carbocycles. The zero-order chi connectivity index (χ0) is 24.8. The molecule has 1 unspecified atom stereocenters. The third-order valence-corrected chi connectivity index (χ3v) is 5.47. The number of methoxy groups -OCH3 is 2. The van der Waals surface area contributed by atoms with Gasteiger partial charge in [0.1, 0.15) is 17.5 Å². The molecule has 0 saturated heterocycles. The van der Waals surface area contributed by atoms with Crippen molar-refractivity contribution in [2.24, 2.45) is 5.92 Å². The van der Waals surface area contributed by atoms with Crippen molar-refractivity contribution >= 4 is 23.7 Å². The molecule has 34 heavy (non-hydrogen) atoms. The van der Waals surface area contributed by atoms with Gasteiger partial charge in [0.05, 0.1) is 32.0 Å². The molecule has 0 fully saturated rings. The number of carbonyl (C=O) groups excluding carboxylic acids is 4. The van der Waals surface area contributed by atoms with Crippen LogP contribution in [0.1, 0.15) is 51.3 Å². The molecule has 180 valence electrons. The van der Waals surface area contributed by atoms with Crippen LogP contribution in [0.5, 0.6) is 11.5 Å². The number of imide groups is 1. The Kier molecular flexibility index (Phi) is 7.88. The Labute approximate surface area is 198 Å². The van der Waals surface area contributed by atoms with Crippen LogP contribution in [0.2, 0.25) is 0 Å². The molecule has 0 bridgehead atoms. The summed E-state index contributed by atoms with van der Waals surface area (Å²) in [6, 6.07) is 10.5. The largest absolute Gasteiger partial charge is 0.497 e. The molecule has 3 amide bonds. The fraction of sp³-hybridized carbons (Fsp3) is 0.360. The van der Waals surface area contributed by atoms with Gasteiger partial charge < -0.3 is 19.5 Å². The van der Waals surface area contributed by atoms with Crippen LogP contribution in [0.25, 0.3) is 0 Å². The van der Waals surface area contributed by atoms with Crippen molar-refractivity contribution < 1.29 is 33.4 Å². The molecular formula is C25H28N2O7. The molecule has 9 nitrogen and oxygen atoms in total. The number of hydrogen-bond acceptors (Lipinski definition) is 7. The van der Waals surface area contributed by atoms with Gasteiger partial charge in [-0.15, -0.1) is 0 Å². The number of esters is 1. The van der Waals surface area contributed by atoms with Crippen molar-refractivity contribution in [1.82, 2.24) is 10.2 Å². The summed E-state index contributed by atoms with van der Waals surface area (Å²) >= 11 is 0. The van der Waals surface area contributed by atoms with Crippen molar-refractivity contribution in [3.05, 3.63) is 59.2 Å². The minimum atomic E-state index is -0.885. The van der Waals surface area contributed by atoms with Crippen molar-refractivity contribution in [2.45, 2.75) is 26.3 Å². The first-order chi connectivity index (χ1) is 16.3. The fourth-order valence-electron chi connectivity index (χ4n) is 3.59. The van der Waals surface area contributed by atoms with E-state index < -0.39 is 17.9 Å². The maximum absolute atomic E-state index is 12.8. The Morgan fingerprint density at radius 3 is 2.00 bits per heavy atom. The van der Waals surface area contributed by atoms with Gasteiger partial charge in [-0.2, -0.15) is 0 Å². The maximum Gasteiger partial charge on any atom is 0.328 e. The smallest absolute Gasteiger partial charge is 0.328 e. The summed E-state index contributed by atoms with van der Waals surface area (Å²) < 4.78 is 15.7. The van der Waals surface area contributed by atoms with Gasteiger partial charge in [0.15, 0.2) is 0 Å². The third-order valence-electron chi connectivity index (χ3n) is 5.47. The molecule has 0 spiro atoms. The monoisotopic (exact) mass is 468 g/mol.